The fourth-order valence-electron chi connectivity index (χ4n) is 4.00. The van der Waals surface area contributed by atoms with Gasteiger partial charge in [0.05, 0.1) is 11.0 Å². The first-order chi connectivity index (χ1) is 13.2. The SMILES string of the molecule is CCCCn1c(C2CC(=O)N(c3ccc(CC)cc3)C2)nc2ccccc21. The summed E-state index contributed by atoms with van der Waals surface area (Å²) in [5, 5.41) is 0. The Bertz CT molecular complexity index is 942. The van der Waals surface area contributed by atoms with Crippen molar-refractivity contribution in [2.45, 2.75) is 52.0 Å². The number of benzene rings is 2. The Morgan fingerprint density at radius 2 is 1.85 bits per heavy atom. The van der Waals surface area contributed by atoms with Gasteiger partial charge in [0.25, 0.3) is 0 Å². The van der Waals surface area contributed by atoms with Gasteiger partial charge in [0.2, 0.25) is 5.91 Å². The Labute approximate surface area is 160 Å². The summed E-state index contributed by atoms with van der Waals surface area (Å²) in [5.41, 5.74) is 4.50. The van der Waals surface area contributed by atoms with E-state index < -0.39 is 0 Å². The molecule has 1 fully saturated rings. The molecule has 140 valence electrons. The molecule has 2 aromatic carbocycles. The Balaban J connectivity index is 1.65. The molecule has 1 saturated heterocycles. The van der Waals surface area contributed by atoms with Crippen LogP contribution in [0.5, 0.6) is 0 Å². The Morgan fingerprint density at radius 3 is 2.59 bits per heavy atom. The van der Waals surface area contributed by atoms with Gasteiger partial charge in [0, 0.05) is 31.1 Å². The van der Waals surface area contributed by atoms with Crippen molar-refractivity contribution in [3.8, 4) is 0 Å². The van der Waals surface area contributed by atoms with Crippen molar-refractivity contribution in [3.63, 3.8) is 0 Å². The van der Waals surface area contributed by atoms with Gasteiger partial charge in [0.15, 0.2) is 0 Å². The third-order valence-electron chi connectivity index (χ3n) is 5.57. The summed E-state index contributed by atoms with van der Waals surface area (Å²) in [6.45, 7) is 6.02. The van der Waals surface area contributed by atoms with Crippen LogP contribution in [0.4, 0.5) is 5.69 Å². The molecule has 1 aromatic heterocycles. The molecule has 4 rings (SSSR count). The molecular weight excluding hydrogens is 334 g/mol. The Morgan fingerprint density at radius 1 is 1.07 bits per heavy atom. The topological polar surface area (TPSA) is 38.1 Å². The number of aryl methyl sites for hydroxylation is 2. The lowest BCUT2D eigenvalue weighted by Crippen LogP contribution is -2.24. The van der Waals surface area contributed by atoms with E-state index in [2.05, 4.69) is 60.9 Å². The van der Waals surface area contributed by atoms with Crippen LogP contribution < -0.4 is 4.90 Å². The molecule has 4 nitrogen and oxygen atoms in total. The molecule has 1 aliphatic rings. The highest BCUT2D eigenvalue weighted by Crippen LogP contribution is 2.33. The van der Waals surface area contributed by atoms with Gasteiger partial charge in [-0.1, -0.05) is 44.5 Å². The minimum absolute atomic E-state index is 0.146. The number of hydrogen-bond acceptors (Lipinski definition) is 2. The van der Waals surface area contributed by atoms with E-state index in [1.165, 1.54) is 11.1 Å². The molecule has 0 spiro atoms. The second-order valence-corrected chi connectivity index (χ2v) is 7.39. The van der Waals surface area contributed by atoms with Gasteiger partial charge in [-0.2, -0.15) is 0 Å². The van der Waals surface area contributed by atoms with Crippen molar-refractivity contribution in [1.82, 2.24) is 9.55 Å². The molecule has 2 heterocycles. The Kier molecular flexibility index (Phi) is 4.97. The molecule has 1 unspecified atom stereocenters. The second kappa shape index (κ2) is 7.55. The molecule has 0 bridgehead atoms. The van der Waals surface area contributed by atoms with Crippen molar-refractivity contribution in [1.29, 1.82) is 0 Å². The molecule has 1 atom stereocenters. The highest BCUT2D eigenvalue weighted by molar-refractivity contribution is 5.96. The summed E-state index contributed by atoms with van der Waals surface area (Å²) < 4.78 is 2.33. The lowest BCUT2D eigenvalue weighted by Gasteiger charge is -2.18. The highest BCUT2D eigenvalue weighted by Gasteiger charge is 2.34. The van der Waals surface area contributed by atoms with Gasteiger partial charge in [-0.3, -0.25) is 4.79 Å². The van der Waals surface area contributed by atoms with Gasteiger partial charge in [-0.15, -0.1) is 0 Å². The first-order valence-corrected chi connectivity index (χ1v) is 10.1. The predicted octanol–water partition coefficient (Wildman–Crippen LogP) is 4.92. The van der Waals surface area contributed by atoms with E-state index in [4.69, 9.17) is 4.98 Å². The van der Waals surface area contributed by atoms with Crippen LogP contribution in [-0.2, 0) is 17.8 Å². The second-order valence-electron chi connectivity index (χ2n) is 7.39. The van der Waals surface area contributed by atoms with Crippen molar-refractivity contribution in [2.24, 2.45) is 0 Å². The lowest BCUT2D eigenvalue weighted by atomic mass is 10.1. The minimum atomic E-state index is 0.146. The van der Waals surface area contributed by atoms with Crippen molar-refractivity contribution >= 4 is 22.6 Å². The number of imidazole rings is 1. The average molecular weight is 361 g/mol. The third kappa shape index (κ3) is 3.36. The van der Waals surface area contributed by atoms with Crippen LogP contribution in [0.1, 0.15) is 50.4 Å². The number of unbranched alkanes of at least 4 members (excludes halogenated alkanes) is 1. The van der Waals surface area contributed by atoms with E-state index in [1.54, 1.807) is 0 Å². The average Bonchev–Trinajstić information content (AvgIpc) is 3.27. The smallest absolute Gasteiger partial charge is 0.227 e. The lowest BCUT2D eigenvalue weighted by molar-refractivity contribution is -0.117. The van der Waals surface area contributed by atoms with Gasteiger partial charge in [-0.25, -0.2) is 4.98 Å². The summed E-state index contributed by atoms with van der Waals surface area (Å²) >= 11 is 0. The van der Waals surface area contributed by atoms with Gasteiger partial charge < -0.3 is 9.47 Å². The number of carbonyl (C=O) groups excluding carboxylic acids is 1. The molecule has 0 aliphatic carbocycles. The molecule has 0 radical (unpaired) electrons. The van der Waals surface area contributed by atoms with Crippen LogP contribution >= 0.6 is 0 Å². The summed E-state index contributed by atoms with van der Waals surface area (Å²) in [6, 6.07) is 16.7. The molecular formula is C23H27N3O. The largest absolute Gasteiger partial charge is 0.328 e. The molecule has 1 aliphatic heterocycles. The fourth-order valence-corrected chi connectivity index (χ4v) is 4.00. The van der Waals surface area contributed by atoms with E-state index in [9.17, 15) is 4.79 Å². The molecule has 4 heteroatoms. The number of nitrogens with zero attached hydrogens (tertiary/aromatic N) is 3. The first-order valence-electron chi connectivity index (χ1n) is 10.1. The van der Waals surface area contributed by atoms with Gasteiger partial charge in [0.1, 0.15) is 5.82 Å². The van der Waals surface area contributed by atoms with Gasteiger partial charge in [-0.05, 0) is 42.7 Å². The minimum Gasteiger partial charge on any atom is -0.328 e. The number of aromatic nitrogens is 2. The van der Waals surface area contributed by atoms with Gasteiger partial charge >= 0.3 is 0 Å². The maximum absolute atomic E-state index is 12.7. The van der Waals surface area contributed by atoms with Crippen molar-refractivity contribution in [3.05, 3.63) is 59.9 Å². The summed E-state index contributed by atoms with van der Waals surface area (Å²) in [6.07, 6.45) is 3.81. The maximum atomic E-state index is 12.7. The normalized spacial score (nSPS) is 17.2. The molecule has 27 heavy (non-hydrogen) atoms. The highest BCUT2D eigenvalue weighted by atomic mass is 16.2. The van der Waals surface area contributed by atoms with Crippen LogP contribution in [0, 0.1) is 0 Å². The Hall–Kier alpha value is -2.62. The number of amides is 1. The van der Waals surface area contributed by atoms with Crippen molar-refractivity contribution in [2.75, 3.05) is 11.4 Å². The van der Waals surface area contributed by atoms with Crippen LogP contribution in [0.25, 0.3) is 11.0 Å². The number of carbonyl (C=O) groups is 1. The summed E-state index contributed by atoms with van der Waals surface area (Å²) in [5.74, 6) is 1.40. The van der Waals surface area contributed by atoms with Crippen LogP contribution in [0.15, 0.2) is 48.5 Å². The predicted molar refractivity (Wildman–Crippen MR) is 110 cm³/mol. The quantitative estimate of drug-likeness (QED) is 0.625. The van der Waals surface area contributed by atoms with Crippen LogP contribution in [0.3, 0.4) is 0 Å². The molecule has 0 N–H and O–H groups in total. The summed E-state index contributed by atoms with van der Waals surface area (Å²) in [4.78, 5) is 19.6. The zero-order chi connectivity index (χ0) is 18.8. The first kappa shape index (κ1) is 17.8. The third-order valence-corrected chi connectivity index (χ3v) is 5.57. The summed E-state index contributed by atoms with van der Waals surface area (Å²) in [7, 11) is 0. The maximum Gasteiger partial charge on any atom is 0.227 e. The van der Waals surface area contributed by atoms with E-state index >= 15 is 0 Å². The number of para-hydroxylation sites is 2. The van der Waals surface area contributed by atoms with E-state index in [1.807, 2.05) is 11.0 Å². The molecule has 0 saturated carbocycles. The fraction of sp³-hybridized carbons (Fsp3) is 0.391. The van der Waals surface area contributed by atoms with E-state index in [0.29, 0.717) is 13.0 Å². The zero-order valence-corrected chi connectivity index (χ0v) is 16.2. The van der Waals surface area contributed by atoms with Crippen LogP contribution in [0.2, 0.25) is 0 Å². The molecule has 3 aromatic rings. The van der Waals surface area contributed by atoms with E-state index in [-0.39, 0.29) is 11.8 Å². The van der Waals surface area contributed by atoms with E-state index in [0.717, 1.165) is 42.8 Å². The number of anilines is 1. The standard InChI is InChI=1S/C23H27N3O/c1-3-5-14-25-21-9-7-6-8-20(21)24-23(25)18-15-22(27)26(16-18)19-12-10-17(4-2)11-13-19/h6-13,18H,3-5,14-16H2,1-2H3. The molecule has 1 amide bonds. The number of fused-ring (bicyclic) bond motifs is 1. The van der Waals surface area contributed by atoms with Crippen molar-refractivity contribution < 1.29 is 4.79 Å². The number of hydrogen-bond donors (Lipinski definition) is 0. The van der Waals surface area contributed by atoms with Crippen LogP contribution in [-0.4, -0.2) is 22.0 Å². The number of rotatable bonds is 6. The monoisotopic (exact) mass is 361 g/mol. The zero-order valence-electron chi connectivity index (χ0n) is 16.2.